The number of hydrogen-bond acceptors (Lipinski definition) is 5. The Balaban J connectivity index is 0. The number of carboxylic acid groups (broad SMARTS) is 2. The van der Waals surface area contributed by atoms with Gasteiger partial charge >= 0.3 is 11.9 Å². The van der Waals surface area contributed by atoms with Gasteiger partial charge in [0.05, 0.1) is 0 Å². The van der Waals surface area contributed by atoms with Crippen LogP contribution in [0.15, 0.2) is 0 Å². The molecular formula is C10H21N3O5. The van der Waals surface area contributed by atoms with Crippen molar-refractivity contribution in [1.82, 2.24) is 0 Å². The Hall–Kier alpha value is -1.67. The van der Waals surface area contributed by atoms with Crippen LogP contribution in [0.5, 0.6) is 0 Å². The summed E-state index contributed by atoms with van der Waals surface area (Å²) in [5.74, 6) is -2.55. The summed E-state index contributed by atoms with van der Waals surface area (Å²) in [4.78, 5) is 30.2. The molecule has 0 unspecified atom stereocenters. The SMILES string of the molecule is CC(C)[C@@H](N)C(=O)O.NC(=O)CC[C@H](N)C(=O)O. The van der Waals surface area contributed by atoms with E-state index in [4.69, 9.17) is 27.4 Å². The van der Waals surface area contributed by atoms with Crippen LogP contribution in [-0.2, 0) is 14.4 Å². The van der Waals surface area contributed by atoms with Crippen LogP contribution in [0.4, 0.5) is 0 Å². The highest BCUT2D eigenvalue weighted by molar-refractivity contribution is 5.77. The summed E-state index contributed by atoms with van der Waals surface area (Å²) in [7, 11) is 0. The first-order chi connectivity index (χ1) is 8.09. The molecule has 0 aromatic heterocycles. The lowest BCUT2D eigenvalue weighted by Crippen LogP contribution is -2.34. The lowest BCUT2D eigenvalue weighted by molar-refractivity contribution is -0.140. The number of hydrogen-bond donors (Lipinski definition) is 5. The first-order valence-corrected chi connectivity index (χ1v) is 5.34. The van der Waals surface area contributed by atoms with E-state index in [0.29, 0.717) is 0 Å². The molecule has 0 fully saturated rings. The van der Waals surface area contributed by atoms with Crippen molar-refractivity contribution in [2.24, 2.45) is 23.1 Å². The highest BCUT2D eigenvalue weighted by atomic mass is 16.4. The molecule has 0 aromatic carbocycles. The summed E-state index contributed by atoms with van der Waals surface area (Å²) >= 11 is 0. The molecule has 106 valence electrons. The summed E-state index contributed by atoms with van der Waals surface area (Å²) in [5.41, 5.74) is 15.0. The number of aliphatic carboxylic acids is 2. The third kappa shape index (κ3) is 10.8. The summed E-state index contributed by atoms with van der Waals surface area (Å²) in [6.45, 7) is 3.55. The standard InChI is InChI=1S/C5H10N2O3.C5H11NO2/c6-3(5(9)10)1-2-4(7)8;1-3(2)4(6)5(7)8/h3H,1-2,6H2,(H2,7,8)(H,9,10);3-4H,6H2,1-2H3,(H,7,8)/t3-;4-/m01/s1. The molecule has 18 heavy (non-hydrogen) atoms. The fourth-order valence-corrected chi connectivity index (χ4v) is 0.706. The topological polar surface area (TPSA) is 170 Å². The van der Waals surface area contributed by atoms with Crippen LogP contribution in [0.1, 0.15) is 26.7 Å². The van der Waals surface area contributed by atoms with Crippen LogP contribution >= 0.6 is 0 Å². The third-order valence-corrected chi connectivity index (χ3v) is 2.02. The average Bonchev–Trinajstić information content (AvgIpc) is 2.24. The third-order valence-electron chi connectivity index (χ3n) is 2.02. The van der Waals surface area contributed by atoms with E-state index in [1.165, 1.54) is 0 Å². The lowest BCUT2D eigenvalue weighted by atomic mass is 10.1. The Morgan fingerprint density at radius 1 is 1.06 bits per heavy atom. The second-order valence-electron chi connectivity index (χ2n) is 4.06. The molecule has 8 N–H and O–H groups in total. The molecule has 0 aliphatic carbocycles. The number of amides is 1. The molecule has 8 heteroatoms. The van der Waals surface area contributed by atoms with Gasteiger partial charge in [-0.2, -0.15) is 0 Å². The second-order valence-corrected chi connectivity index (χ2v) is 4.06. The molecule has 1 amide bonds. The lowest BCUT2D eigenvalue weighted by Gasteiger charge is -2.07. The Morgan fingerprint density at radius 2 is 1.50 bits per heavy atom. The van der Waals surface area contributed by atoms with Crippen molar-refractivity contribution in [3.05, 3.63) is 0 Å². The Kier molecular flexibility index (Phi) is 9.73. The molecule has 0 radical (unpaired) electrons. The van der Waals surface area contributed by atoms with Gasteiger partial charge in [0, 0.05) is 6.42 Å². The fourth-order valence-electron chi connectivity index (χ4n) is 0.706. The minimum absolute atomic E-state index is 0.0208. The molecule has 2 atom stereocenters. The maximum Gasteiger partial charge on any atom is 0.320 e. The molecular weight excluding hydrogens is 242 g/mol. The number of nitrogens with two attached hydrogens (primary N) is 3. The minimum Gasteiger partial charge on any atom is -0.480 e. The van der Waals surface area contributed by atoms with E-state index >= 15 is 0 Å². The highest BCUT2D eigenvalue weighted by Gasteiger charge is 2.14. The van der Waals surface area contributed by atoms with Gasteiger partial charge in [-0.1, -0.05) is 13.8 Å². The van der Waals surface area contributed by atoms with Crippen molar-refractivity contribution < 1.29 is 24.6 Å². The quantitative estimate of drug-likeness (QED) is 0.397. The zero-order chi connectivity index (χ0) is 14.9. The molecule has 0 saturated carbocycles. The highest BCUT2D eigenvalue weighted by Crippen LogP contribution is 1.96. The zero-order valence-corrected chi connectivity index (χ0v) is 10.5. The summed E-state index contributed by atoms with van der Waals surface area (Å²) < 4.78 is 0. The first kappa shape index (κ1) is 18.7. The van der Waals surface area contributed by atoms with Gasteiger partial charge in [-0.25, -0.2) is 0 Å². The van der Waals surface area contributed by atoms with Crippen molar-refractivity contribution in [2.75, 3.05) is 0 Å². The predicted octanol–water partition coefficient (Wildman–Crippen LogP) is -1.28. The molecule has 8 nitrogen and oxygen atoms in total. The maximum atomic E-state index is 10.1. The average molecular weight is 263 g/mol. The van der Waals surface area contributed by atoms with Gasteiger partial charge in [-0.3, -0.25) is 14.4 Å². The van der Waals surface area contributed by atoms with E-state index in [1.807, 2.05) is 0 Å². The van der Waals surface area contributed by atoms with Gasteiger partial charge in [0.1, 0.15) is 12.1 Å². The molecule has 0 aromatic rings. The molecule has 0 saturated heterocycles. The molecule has 0 rings (SSSR count). The van der Waals surface area contributed by atoms with Crippen molar-refractivity contribution in [3.8, 4) is 0 Å². The maximum absolute atomic E-state index is 10.1. The van der Waals surface area contributed by atoms with Gasteiger partial charge in [-0.05, 0) is 12.3 Å². The summed E-state index contributed by atoms with van der Waals surface area (Å²) in [6.07, 6.45) is 0.123. The predicted molar refractivity (Wildman–Crippen MR) is 64.5 cm³/mol. The fraction of sp³-hybridized carbons (Fsp3) is 0.700. The van der Waals surface area contributed by atoms with Gasteiger partial charge in [0.15, 0.2) is 0 Å². The van der Waals surface area contributed by atoms with Crippen molar-refractivity contribution in [2.45, 2.75) is 38.8 Å². The van der Waals surface area contributed by atoms with E-state index < -0.39 is 29.9 Å². The van der Waals surface area contributed by atoms with Crippen molar-refractivity contribution in [3.63, 3.8) is 0 Å². The number of primary amides is 1. The Morgan fingerprint density at radius 3 is 1.67 bits per heavy atom. The molecule has 0 heterocycles. The summed E-state index contributed by atoms with van der Waals surface area (Å²) in [5, 5.41) is 16.4. The van der Waals surface area contributed by atoms with Crippen LogP contribution in [-0.4, -0.2) is 40.1 Å². The van der Waals surface area contributed by atoms with Crippen LogP contribution < -0.4 is 17.2 Å². The van der Waals surface area contributed by atoms with Gasteiger partial charge in [-0.15, -0.1) is 0 Å². The molecule has 0 spiro atoms. The number of carbonyl (C=O) groups is 3. The second kappa shape index (κ2) is 9.37. The largest absolute Gasteiger partial charge is 0.480 e. The molecule has 0 aliphatic heterocycles. The zero-order valence-electron chi connectivity index (χ0n) is 10.5. The minimum atomic E-state index is -1.11. The van der Waals surface area contributed by atoms with E-state index in [0.717, 1.165) is 0 Å². The van der Waals surface area contributed by atoms with Crippen LogP contribution in [0, 0.1) is 5.92 Å². The monoisotopic (exact) mass is 263 g/mol. The summed E-state index contributed by atoms with van der Waals surface area (Å²) in [6, 6.07) is -1.69. The first-order valence-electron chi connectivity index (χ1n) is 5.34. The molecule has 0 bridgehead atoms. The van der Waals surface area contributed by atoms with E-state index in [2.05, 4.69) is 0 Å². The van der Waals surface area contributed by atoms with E-state index in [9.17, 15) is 14.4 Å². The van der Waals surface area contributed by atoms with Crippen molar-refractivity contribution in [1.29, 1.82) is 0 Å². The number of rotatable bonds is 6. The number of carbonyl (C=O) groups excluding carboxylic acids is 1. The normalized spacial score (nSPS) is 13.2. The van der Waals surface area contributed by atoms with Gasteiger partial charge in [0.2, 0.25) is 5.91 Å². The van der Waals surface area contributed by atoms with Gasteiger partial charge in [0.25, 0.3) is 0 Å². The van der Waals surface area contributed by atoms with Crippen LogP contribution in [0.25, 0.3) is 0 Å². The Labute approximate surface area is 105 Å². The van der Waals surface area contributed by atoms with Gasteiger partial charge < -0.3 is 27.4 Å². The van der Waals surface area contributed by atoms with Crippen LogP contribution in [0.2, 0.25) is 0 Å². The smallest absolute Gasteiger partial charge is 0.320 e. The van der Waals surface area contributed by atoms with E-state index in [1.54, 1.807) is 13.8 Å². The van der Waals surface area contributed by atoms with E-state index in [-0.39, 0.29) is 18.8 Å². The van der Waals surface area contributed by atoms with Crippen LogP contribution in [0.3, 0.4) is 0 Å². The number of carboxylic acids is 2. The Bertz CT molecular complexity index is 293. The van der Waals surface area contributed by atoms with Crippen molar-refractivity contribution >= 4 is 17.8 Å². The molecule has 0 aliphatic rings.